The number of halogens is 2. The molecule has 0 atom stereocenters. The van der Waals surface area contributed by atoms with Gasteiger partial charge < -0.3 is 10.2 Å². The van der Waals surface area contributed by atoms with Gasteiger partial charge in [0.15, 0.2) is 11.6 Å². The summed E-state index contributed by atoms with van der Waals surface area (Å²) in [5, 5.41) is 0. The number of pyridine rings is 1. The molecule has 88 valence electrons. The Morgan fingerprint density at radius 2 is 2.12 bits per heavy atom. The van der Waals surface area contributed by atoms with E-state index in [0.29, 0.717) is 10.3 Å². The molecule has 1 heterocycles. The van der Waals surface area contributed by atoms with Crippen LogP contribution in [0.3, 0.4) is 0 Å². The van der Waals surface area contributed by atoms with Crippen molar-refractivity contribution in [2.75, 3.05) is 5.43 Å². The molecule has 1 aromatic carbocycles. The molecule has 1 aromatic heterocycles. The zero-order valence-corrected chi connectivity index (χ0v) is 10.2. The third-order valence-corrected chi connectivity index (χ3v) is 2.47. The van der Waals surface area contributed by atoms with Crippen molar-refractivity contribution in [3.05, 3.63) is 46.7 Å². The van der Waals surface area contributed by atoms with Crippen LogP contribution in [0.25, 0.3) is 0 Å². The first-order valence-electron chi connectivity index (χ1n) is 4.75. The minimum Gasteiger partial charge on any atom is -0.436 e. The Hall–Kier alpha value is -1.66. The summed E-state index contributed by atoms with van der Waals surface area (Å²) in [7, 11) is 0. The van der Waals surface area contributed by atoms with E-state index >= 15 is 0 Å². The highest BCUT2D eigenvalue weighted by molar-refractivity contribution is 9.10. The molecule has 0 fully saturated rings. The van der Waals surface area contributed by atoms with Crippen molar-refractivity contribution in [2.45, 2.75) is 0 Å². The predicted octanol–water partition coefficient (Wildman–Crippen LogP) is 3.06. The van der Waals surface area contributed by atoms with Gasteiger partial charge in [-0.05, 0) is 24.3 Å². The number of hydrazine groups is 1. The second kappa shape index (κ2) is 5.11. The highest BCUT2D eigenvalue weighted by Crippen LogP contribution is 2.26. The first kappa shape index (κ1) is 11.8. The summed E-state index contributed by atoms with van der Waals surface area (Å²) in [6.45, 7) is 0. The molecule has 0 radical (unpaired) electrons. The summed E-state index contributed by atoms with van der Waals surface area (Å²) in [5.74, 6) is 5.56. The standard InChI is InChI=1S/C11H9BrFN3O/c12-7-4-5-9(8(13)6-7)17-11-3-1-2-10(15-11)16-14/h1-6H,14H2,(H,15,16). The molecule has 3 N–H and O–H groups in total. The van der Waals surface area contributed by atoms with E-state index < -0.39 is 5.82 Å². The van der Waals surface area contributed by atoms with Crippen LogP contribution < -0.4 is 16.0 Å². The van der Waals surface area contributed by atoms with Crippen LogP contribution in [-0.4, -0.2) is 4.98 Å². The first-order valence-corrected chi connectivity index (χ1v) is 5.55. The summed E-state index contributed by atoms with van der Waals surface area (Å²) in [5.41, 5.74) is 2.38. The average molecular weight is 298 g/mol. The van der Waals surface area contributed by atoms with Crippen molar-refractivity contribution in [3.8, 4) is 11.6 Å². The number of nitrogens with two attached hydrogens (primary N) is 1. The number of nitrogens with one attached hydrogen (secondary N) is 1. The molecular weight excluding hydrogens is 289 g/mol. The fraction of sp³-hybridized carbons (Fsp3) is 0. The summed E-state index contributed by atoms with van der Waals surface area (Å²) >= 11 is 3.17. The monoisotopic (exact) mass is 297 g/mol. The van der Waals surface area contributed by atoms with E-state index in [-0.39, 0.29) is 11.6 Å². The van der Waals surface area contributed by atoms with Crippen LogP contribution in [0.5, 0.6) is 11.6 Å². The van der Waals surface area contributed by atoms with Gasteiger partial charge >= 0.3 is 0 Å². The van der Waals surface area contributed by atoms with Crippen LogP contribution >= 0.6 is 15.9 Å². The van der Waals surface area contributed by atoms with Crippen LogP contribution in [0.2, 0.25) is 0 Å². The Bertz CT molecular complexity index is 536. The molecule has 0 amide bonds. The Morgan fingerprint density at radius 3 is 2.82 bits per heavy atom. The van der Waals surface area contributed by atoms with Crippen LogP contribution in [0.4, 0.5) is 10.2 Å². The molecule has 0 saturated heterocycles. The smallest absolute Gasteiger partial charge is 0.221 e. The molecule has 0 unspecified atom stereocenters. The van der Waals surface area contributed by atoms with E-state index in [1.807, 2.05) is 0 Å². The fourth-order valence-corrected chi connectivity index (χ4v) is 1.56. The van der Waals surface area contributed by atoms with Gasteiger partial charge in [-0.3, -0.25) is 0 Å². The van der Waals surface area contributed by atoms with Gasteiger partial charge in [0.2, 0.25) is 5.88 Å². The molecule has 6 heteroatoms. The zero-order valence-electron chi connectivity index (χ0n) is 8.65. The summed E-state index contributed by atoms with van der Waals surface area (Å²) in [6.07, 6.45) is 0. The lowest BCUT2D eigenvalue weighted by molar-refractivity contribution is 0.428. The number of anilines is 1. The van der Waals surface area contributed by atoms with Crippen molar-refractivity contribution in [3.63, 3.8) is 0 Å². The molecule has 17 heavy (non-hydrogen) atoms. The minimum atomic E-state index is -0.465. The molecule has 0 aliphatic heterocycles. The number of ether oxygens (including phenoxy) is 1. The molecule has 2 aromatic rings. The van der Waals surface area contributed by atoms with Crippen LogP contribution in [-0.2, 0) is 0 Å². The Kier molecular flexibility index (Phi) is 3.55. The lowest BCUT2D eigenvalue weighted by atomic mass is 10.3. The van der Waals surface area contributed by atoms with Crippen molar-refractivity contribution >= 4 is 21.7 Å². The van der Waals surface area contributed by atoms with Gasteiger partial charge in [-0.1, -0.05) is 22.0 Å². The summed E-state index contributed by atoms with van der Waals surface area (Å²) in [4.78, 5) is 4.01. The van der Waals surface area contributed by atoms with Gasteiger partial charge in [0.1, 0.15) is 5.82 Å². The minimum absolute atomic E-state index is 0.106. The number of rotatable bonds is 3. The molecule has 0 aliphatic rings. The maximum atomic E-state index is 13.5. The number of aromatic nitrogens is 1. The van der Waals surface area contributed by atoms with Crippen molar-refractivity contribution in [1.82, 2.24) is 4.98 Å². The molecule has 0 bridgehead atoms. The van der Waals surface area contributed by atoms with E-state index in [2.05, 4.69) is 26.3 Å². The Balaban J connectivity index is 2.25. The van der Waals surface area contributed by atoms with Crippen molar-refractivity contribution in [1.29, 1.82) is 0 Å². The maximum Gasteiger partial charge on any atom is 0.221 e. The second-order valence-corrected chi connectivity index (χ2v) is 4.10. The molecule has 4 nitrogen and oxygen atoms in total. The molecule has 0 spiro atoms. The van der Waals surface area contributed by atoms with Gasteiger partial charge in [-0.15, -0.1) is 0 Å². The molecule has 0 aliphatic carbocycles. The summed E-state index contributed by atoms with van der Waals surface area (Å²) < 4.78 is 19.4. The number of nitrogens with zero attached hydrogens (tertiary/aromatic N) is 1. The van der Waals surface area contributed by atoms with Gasteiger partial charge in [-0.25, -0.2) is 10.2 Å². The maximum absolute atomic E-state index is 13.5. The van der Waals surface area contributed by atoms with E-state index in [4.69, 9.17) is 10.6 Å². The number of benzene rings is 1. The lowest BCUT2D eigenvalue weighted by Gasteiger charge is -2.07. The second-order valence-electron chi connectivity index (χ2n) is 3.18. The molecule has 2 rings (SSSR count). The molecular formula is C11H9BrFN3O. The van der Waals surface area contributed by atoms with Crippen molar-refractivity contribution < 1.29 is 9.13 Å². The van der Waals surface area contributed by atoms with Gasteiger partial charge in [0.25, 0.3) is 0 Å². The lowest BCUT2D eigenvalue weighted by Crippen LogP contribution is -2.08. The number of hydrogen-bond donors (Lipinski definition) is 2. The number of nitrogen functional groups attached to an aromatic ring is 1. The van der Waals surface area contributed by atoms with Crippen LogP contribution in [0.1, 0.15) is 0 Å². The van der Waals surface area contributed by atoms with E-state index in [9.17, 15) is 4.39 Å². The largest absolute Gasteiger partial charge is 0.436 e. The molecule has 0 saturated carbocycles. The fourth-order valence-electron chi connectivity index (χ4n) is 1.22. The highest BCUT2D eigenvalue weighted by atomic mass is 79.9. The highest BCUT2D eigenvalue weighted by Gasteiger charge is 2.06. The van der Waals surface area contributed by atoms with Crippen LogP contribution in [0, 0.1) is 5.82 Å². The quantitative estimate of drug-likeness (QED) is 0.675. The predicted molar refractivity (Wildman–Crippen MR) is 66.2 cm³/mol. The van der Waals surface area contributed by atoms with Crippen molar-refractivity contribution in [2.24, 2.45) is 5.84 Å². The average Bonchev–Trinajstić information content (AvgIpc) is 2.33. The Morgan fingerprint density at radius 1 is 1.29 bits per heavy atom. The SMILES string of the molecule is NNc1cccc(Oc2ccc(Br)cc2F)n1. The van der Waals surface area contributed by atoms with Crippen LogP contribution in [0.15, 0.2) is 40.9 Å². The Labute approximate surface area is 106 Å². The third-order valence-electron chi connectivity index (χ3n) is 1.98. The van der Waals surface area contributed by atoms with Gasteiger partial charge in [0.05, 0.1) is 0 Å². The van der Waals surface area contributed by atoms with E-state index in [0.717, 1.165) is 0 Å². The topological polar surface area (TPSA) is 60.2 Å². The first-order chi connectivity index (χ1) is 8.19. The van der Waals surface area contributed by atoms with Gasteiger partial charge in [0, 0.05) is 10.5 Å². The van der Waals surface area contributed by atoms with E-state index in [1.165, 1.54) is 12.1 Å². The number of hydrogen-bond acceptors (Lipinski definition) is 4. The normalized spacial score (nSPS) is 10.1. The zero-order chi connectivity index (χ0) is 12.3. The van der Waals surface area contributed by atoms with E-state index in [1.54, 1.807) is 24.3 Å². The summed E-state index contributed by atoms with van der Waals surface area (Å²) in [6, 6.07) is 9.51. The van der Waals surface area contributed by atoms with Gasteiger partial charge in [-0.2, -0.15) is 4.98 Å². The third kappa shape index (κ3) is 2.92.